The van der Waals surface area contributed by atoms with Gasteiger partial charge in [0, 0.05) is 0 Å². The van der Waals surface area contributed by atoms with Gasteiger partial charge < -0.3 is 61.3 Å². The summed E-state index contributed by atoms with van der Waals surface area (Å²) < 4.78 is 0. The monoisotopic (exact) mass is 608 g/mol. The number of hydrogen-bond donors (Lipinski definition) is 12. The predicted molar refractivity (Wildman–Crippen MR) is 139 cm³/mol. The summed E-state index contributed by atoms with van der Waals surface area (Å²) in [5, 5.41) is 125. The first kappa shape index (κ1) is 28.7. The normalized spacial score (nSPS) is 12.9. The van der Waals surface area contributed by atoms with E-state index in [-0.39, 0.29) is 0 Å². The highest BCUT2D eigenvalue weighted by Gasteiger charge is 2.35. The average Bonchev–Trinajstić information content (AvgIpc) is 2.99. The van der Waals surface area contributed by atoms with Gasteiger partial charge >= 0.3 is 0 Å². The van der Waals surface area contributed by atoms with Gasteiger partial charge in [0.05, 0.1) is 44.5 Å². The van der Waals surface area contributed by atoms with E-state index in [1.807, 2.05) is 0 Å². The summed E-state index contributed by atoms with van der Waals surface area (Å²) in [6.07, 6.45) is 0. The maximum absolute atomic E-state index is 13.5. The molecule has 16 heteroatoms. The highest BCUT2D eigenvalue weighted by atomic mass is 16.3. The number of phenols is 12. The molecule has 0 unspecified atom stereocenters. The van der Waals surface area contributed by atoms with Gasteiger partial charge in [-0.15, -0.1) is 0 Å². The van der Waals surface area contributed by atoms with Crippen molar-refractivity contribution < 1.29 is 80.5 Å². The SMILES string of the molecule is O=C1c2cc(c(O)c(O)c2O)C(=O)c2cc(c(O)c(O)c2O)C(=O)c2cc(c(O)c(O)c2O)C(=O)c2cc1c(O)c(O)c2O. The Morgan fingerprint density at radius 2 is 0.341 bits per heavy atom. The minimum absolute atomic E-state index is 0.425. The second kappa shape index (κ2) is 9.35. The summed E-state index contributed by atoms with van der Waals surface area (Å²) in [6.45, 7) is 0. The van der Waals surface area contributed by atoms with Crippen LogP contribution in [0.5, 0.6) is 69.0 Å². The van der Waals surface area contributed by atoms with Crippen molar-refractivity contribution in [3.8, 4) is 69.0 Å². The van der Waals surface area contributed by atoms with E-state index < -0.39 is 137 Å². The molecule has 0 atom stereocenters. The fourth-order valence-electron chi connectivity index (χ4n) is 4.56. The summed E-state index contributed by atoms with van der Waals surface area (Å²) in [5.74, 6) is -23.4. The molecular formula is C28H16O16. The number of carbonyl (C=O) groups excluding carboxylic acids is 4. The van der Waals surface area contributed by atoms with Gasteiger partial charge in [0.15, 0.2) is 46.0 Å². The second-order valence-corrected chi connectivity index (χ2v) is 9.39. The fourth-order valence-corrected chi connectivity index (χ4v) is 4.56. The molecule has 4 aromatic rings. The number of hydrogen-bond acceptors (Lipinski definition) is 16. The molecule has 0 saturated heterocycles. The van der Waals surface area contributed by atoms with Gasteiger partial charge in [0.25, 0.3) is 0 Å². The van der Waals surface area contributed by atoms with E-state index >= 15 is 0 Å². The maximum Gasteiger partial charge on any atom is 0.201 e. The van der Waals surface area contributed by atoms with Gasteiger partial charge in [0.2, 0.25) is 46.1 Å². The lowest BCUT2D eigenvalue weighted by molar-refractivity contribution is 0.102. The molecule has 44 heavy (non-hydrogen) atoms. The van der Waals surface area contributed by atoms with Gasteiger partial charge in [-0.2, -0.15) is 0 Å². The molecule has 12 N–H and O–H groups in total. The molecule has 0 aromatic heterocycles. The number of phenolic OH excluding ortho intramolecular Hbond substituents is 12. The van der Waals surface area contributed by atoms with E-state index in [9.17, 15) is 80.5 Å². The molecular weight excluding hydrogens is 592 g/mol. The summed E-state index contributed by atoms with van der Waals surface area (Å²) in [5.41, 5.74) is -8.66. The summed E-state index contributed by atoms with van der Waals surface area (Å²) in [4.78, 5) is 53.8. The lowest BCUT2D eigenvalue weighted by Gasteiger charge is -2.17. The third-order valence-corrected chi connectivity index (χ3v) is 6.95. The van der Waals surface area contributed by atoms with Crippen molar-refractivity contribution in [2.45, 2.75) is 0 Å². The van der Waals surface area contributed by atoms with Gasteiger partial charge in [0.1, 0.15) is 0 Å². The lowest BCUT2D eigenvalue weighted by Crippen LogP contribution is -2.12. The molecule has 0 fully saturated rings. The van der Waals surface area contributed by atoms with E-state index in [1.165, 1.54) is 0 Å². The van der Waals surface area contributed by atoms with Crippen LogP contribution in [0.2, 0.25) is 0 Å². The van der Waals surface area contributed by atoms with Crippen LogP contribution >= 0.6 is 0 Å². The van der Waals surface area contributed by atoms with Crippen LogP contribution in [-0.2, 0) is 0 Å². The van der Waals surface area contributed by atoms with E-state index in [0.29, 0.717) is 24.3 Å². The molecule has 0 amide bonds. The highest BCUT2D eigenvalue weighted by Crippen LogP contribution is 2.50. The Hall–Kier alpha value is -6.84. The van der Waals surface area contributed by atoms with Gasteiger partial charge in [-0.3, -0.25) is 19.2 Å². The molecule has 16 nitrogen and oxygen atoms in total. The highest BCUT2D eigenvalue weighted by molar-refractivity contribution is 6.23. The van der Waals surface area contributed by atoms with Crippen molar-refractivity contribution in [2.75, 3.05) is 0 Å². The first-order chi connectivity index (χ1) is 20.5. The number of fused-ring (bicyclic) bond motifs is 8. The van der Waals surface area contributed by atoms with Gasteiger partial charge in [-0.25, -0.2) is 0 Å². The fraction of sp³-hybridized carbons (Fsp3) is 0. The van der Waals surface area contributed by atoms with Crippen LogP contribution in [0.1, 0.15) is 63.7 Å². The number of aromatic hydroxyl groups is 12. The van der Waals surface area contributed by atoms with Crippen molar-refractivity contribution >= 4 is 23.1 Å². The standard InChI is InChI=1S/C28H16O16/c29-13-5-1-6(18(34)25(41)17(5)33)14(30)8-3-10(22(38)27(43)20(8)36)16(32)12-4-11(23(39)28(44)24(12)40)15(31)9-2-7(13)19(35)26(42)21(9)37/h1-4,33-44H. The topological polar surface area (TPSA) is 311 Å². The van der Waals surface area contributed by atoms with Crippen LogP contribution in [0.15, 0.2) is 24.3 Å². The van der Waals surface area contributed by atoms with Gasteiger partial charge in [-0.1, -0.05) is 0 Å². The third kappa shape index (κ3) is 3.71. The molecule has 4 aromatic carbocycles. The van der Waals surface area contributed by atoms with Crippen molar-refractivity contribution in [2.24, 2.45) is 0 Å². The van der Waals surface area contributed by atoms with E-state index in [1.54, 1.807) is 0 Å². The predicted octanol–water partition coefficient (Wildman–Crippen LogP) is 1.39. The van der Waals surface area contributed by atoms with Crippen LogP contribution in [0.25, 0.3) is 0 Å². The van der Waals surface area contributed by atoms with Crippen LogP contribution < -0.4 is 0 Å². The molecule has 1 aliphatic rings. The Kier molecular flexibility index (Phi) is 6.09. The number of carbonyl (C=O) groups is 4. The number of rotatable bonds is 0. The Morgan fingerprint density at radius 3 is 0.455 bits per heavy atom. The molecule has 1 aliphatic carbocycles. The molecule has 224 valence electrons. The van der Waals surface area contributed by atoms with E-state index in [0.717, 1.165) is 0 Å². The van der Waals surface area contributed by atoms with E-state index in [4.69, 9.17) is 0 Å². The maximum atomic E-state index is 13.5. The minimum Gasteiger partial charge on any atom is -0.504 e. The van der Waals surface area contributed by atoms with Crippen molar-refractivity contribution in [1.29, 1.82) is 0 Å². The summed E-state index contributed by atoms with van der Waals surface area (Å²) >= 11 is 0. The lowest BCUT2D eigenvalue weighted by atomic mass is 9.89. The molecule has 0 radical (unpaired) electrons. The minimum atomic E-state index is -1.56. The Balaban J connectivity index is 2.00. The van der Waals surface area contributed by atoms with Crippen molar-refractivity contribution in [3.63, 3.8) is 0 Å². The third-order valence-electron chi connectivity index (χ3n) is 6.95. The van der Waals surface area contributed by atoms with E-state index in [2.05, 4.69) is 0 Å². The molecule has 0 saturated carbocycles. The zero-order valence-electron chi connectivity index (χ0n) is 21.3. The Bertz CT molecular complexity index is 1640. The van der Waals surface area contributed by atoms with Crippen LogP contribution in [0, 0.1) is 0 Å². The molecule has 0 spiro atoms. The molecule has 5 rings (SSSR count). The largest absolute Gasteiger partial charge is 0.504 e. The van der Waals surface area contributed by atoms with Crippen LogP contribution in [0.4, 0.5) is 0 Å². The number of benzene rings is 4. The quantitative estimate of drug-likeness (QED) is 0.110. The van der Waals surface area contributed by atoms with Crippen LogP contribution in [0.3, 0.4) is 0 Å². The first-order valence-corrected chi connectivity index (χ1v) is 11.8. The Morgan fingerprint density at radius 1 is 0.227 bits per heavy atom. The molecule has 0 heterocycles. The van der Waals surface area contributed by atoms with Crippen LogP contribution in [-0.4, -0.2) is 84.4 Å². The number of ketones is 4. The van der Waals surface area contributed by atoms with Crippen molar-refractivity contribution in [3.05, 3.63) is 68.8 Å². The zero-order chi connectivity index (χ0) is 32.7. The van der Waals surface area contributed by atoms with Gasteiger partial charge in [-0.05, 0) is 24.3 Å². The first-order valence-electron chi connectivity index (χ1n) is 11.8. The smallest absolute Gasteiger partial charge is 0.201 e. The molecule has 8 bridgehead atoms. The molecule has 0 aliphatic heterocycles. The summed E-state index contributed by atoms with van der Waals surface area (Å²) in [7, 11) is 0. The second-order valence-electron chi connectivity index (χ2n) is 9.39. The average molecular weight is 608 g/mol. The summed E-state index contributed by atoms with van der Waals surface area (Å²) in [6, 6.07) is 1.70. The zero-order valence-corrected chi connectivity index (χ0v) is 21.3. The Labute approximate surface area is 241 Å². The van der Waals surface area contributed by atoms with Crippen molar-refractivity contribution in [1.82, 2.24) is 0 Å².